The zero-order chi connectivity index (χ0) is 11.4. The molecule has 84 valence electrons. The predicted octanol–water partition coefficient (Wildman–Crippen LogP) is 2.29. The Kier molecular flexibility index (Phi) is 4.51. The van der Waals surface area contributed by atoms with Crippen LogP contribution >= 0.6 is 11.6 Å². The molecule has 0 heterocycles. The molecule has 0 aliphatic rings. The van der Waals surface area contributed by atoms with E-state index in [1.165, 1.54) is 6.07 Å². The van der Waals surface area contributed by atoms with E-state index in [1.807, 2.05) is 0 Å². The van der Waals surface area contributed by atoms with Crippen LogP contribution in [0, 0.1) is 5.82 Å². The van der Waals surface area contributed by atoms with Crippen molar-refractivity contribution in [3.63, 3.8) is 0 Å². The van der Waals surface area contributed by atoms with Crippen molar-refractivity contribution in [3.8, 4) is 0 Å². The lowest BCUT2D eigenvalue weighted by atomic mass is 9.93. The molecule has 1 aromatic carbocycles. The van der Waals surface area contributed by atoms with Gasteiger partial charge in [-0.2, -0.15) is 0 Å². The Bertz CT molecular complexity index is 330. The van der Waals surface area contributed by atoms with Crippen LogP contribution in [0.25, 0.3) is 0 Å². The second kappa shape index (κ2) is 5.45. The molecule has 1 rings (SSSR count). The Morgan fingerprint density at radius 2 is 2.20 bits per heavy atom. The maximum absolute atomic E-state index is 12.9. The summed E-state index contributed by atoms with van der Waals surface area (Å²) < 4.78 is 12.9. The number of aliphatic hydroxyl groups excluding tert-OH is 1. The van der Waals surface area contributed by atoms with E-state index >= 15 is 0 Å². The molecule has 2 unspecified atom stereocenters. The van der Waals surface area contributed by atoms with Crippen LogP contribution in [0.15, 0.2) is 18.2 Å². The Hall–Kier alpha value is -0.640. The van der Waals surface area contributed by atoms with E-state index in [9.17, 15) is 9.50 Å². The van der Waals surface area contributed by atoms with Gasteiger partial charge in [-0.1, -0.05) is 17.7 Å². The van der Waals surface area contributed by atoms with Crippen LogP contribution in [0.3, 0.4) is 0 Å². The first-order valence-corrected chi connectivity index (χ1v) is 5.25. The van der Waals surface area contributed by atoms with Crippen molar-refractivity contribution in [2.75, 3.05) is 6.54 Å². The summed E-state index contributed by atoms with van der Waals surface area (Å²) in [5.74, 6) is -0.420. The van der Waals surface area contributed by atoms with Gasteiger partial charge in [-0.3, -0.25) is 0 Å². The highest BCUT2D eigenvalue weighted by Crippen LogP contribution is 2.24. The number of benzene rings is 1. The van der Waals surface area contributed by atoms with E-state index in [1.54, 1.807) is 19.1 Å². The van der Waals surface area contributed by atoms with Gasteiger partial charge >= 0.3 is 0 Å². The minimum Gasteiger partial charge on any atom is -0.393 e. The zero-order valence-electron chi connectivity index (χ0n) is 8.58. The van der Waals surface area contributed by atoms with Crippen LogP contribution < -0.4 is 5.73 Å². The Balaban J connectivity index is 2.87. The monoisotopic (exact) mass is 231 g/mol. The smallest absolute Gasteiger partial charge is 0.141 e. The molecular formula is C11H15ClFNO. The van der Waals surface area contributed by atoms with Crippen LogP contribution in [0.5, 0.6) is 0 Å². The van der Waals surface area contributed by atoms with Gasteiger partial charge in [-0.25, -0.2) is 4.39 Å². The minimum atomic E-state index is -0.437. The summed E-state index contributed by atoms with van der Waals surface area (Å²) >= 11 is 5.67. The molecule has 0 fully saturated rings. The first-order chi connectivity index (χ1) is 7.04. The third kappa shape index (κ3) is 3.45. The summed E-state index contributed by atoms with van der Waals surface area (Å²) in [6.07, 6.45) is 0.126. The average molecular weight is 232 g/mol. The lowest BCUT2D eigenvalue weighted by Crippen LogP contribution is -2.17. The molecule has 1 aromatic rings. The van der Waals surface area contributed by atoms with Gasteiger partial charge in [0.25, 0.3) is 0 Å². The minimum absolute atomic E-state index is 0.0168. The predicted molar refractivity (Wildman–Crippen MR) is 59.5 cm³/mol. The molecule has 15 heavy (non-hydrogen) atoms. The number of rotatable bonds is 4. The highest BCUT2D eigenvalue weighted by Gasteiger charge is 2.13. The van der Waals surface area contributed by atoms with Crippen LogP contribution in [-0.4, -0.2) is 17.8 Å². The fourth-order valence-corrected chi connectivity index (χ4v) is 1.74. The first kappa shape index (κ1) is 12.4. The molecule has 0 saturated carbocycles. The fraction of sp³-hybridized carbons (Fsp3) is 0.455. The molecule has 0 aliphatic heterocycles. The summed E-state index contributed by atoms with van der Waals surface area (Å²) in [7, 11) is 0. The molecule has 0 saturated heterocycles. The van der Waals surface area contributed by atoms with E-state index in [0.717, 1.165) is 5.56 Å². The third-order valence-electron chi connectivity index (χ3n) is 2.33. The van der Waals surface area contributed by atoms with Crippen molar-refractivity contribution >= 4 is 11.6 Å². The number of aliphatic hydroxyl groups is 1. The molecule has 0 amide bonds. The highest BCUT2D eigenvalue weighted by molar-refractivity contribution is 6.30. The van der Waals surface area contributed by atoms with Gasteiger partial charge in [-0.05, 0) is 43.5 Å². The van der Waals surface area contributed by atoms with Crippen LogP contribution in [-0.2, 0) is 0 Å². The van der Waals surface area contributed by atoms with E-state index in [0.29, 0.717) is 13.0 Å². The molecule has 3 N–H and O–H groups in total. The Labute approximate surface area is 93.9 Å². The van der Waals surface area contributed by atoms with Crippen molar-refractivity contribution in [1.29, 1.82) is 0 Å². The van der Waals surface area contributed by atoms with Gasteiger partial charge in [0.1, 0.15) is 5.82 Å². The highest BCUT2D eigenvalue weighted by atomic mass is 35.5. The molecule has 0 aliphatic carbocycles. The first-order valence-electron chi connectivity index (χ1n) is 4.87. The quantitative estimate of drug-likeness (QED) is 0.835. The van der Waals surface area contributed by atoms with Crippen molar-refractivity contribution in [2.45, 2.75) is 25.4 Å². The number of halogens is 2. The van der Waals surface area contributed by atoms with Crippen LogP contribution in [0.2, 0.25) is 5.02 Å². The van der Waals surface area contributed by atoms with Crippen LogP contribution in [0.1, 0.15) is 24.8 Å². The van der Waals surface area contributed by atoms with E-state index in [4.69, 9.17) is 17.3 Å². The lowest BCUT2D eigenvalue weighted by molar-refractivity contribution is 0.175. The van der Waals surface area contributed by atoms with Gasteiger partial charge in [0.2, 0.25) is 0 Å². The van der Waals surface area contributed by atoms with Gasteiger partial charge < -0.3 is 10.8 Å². The lowest BCUT2D eigenvalue weighted by Gasteiger charge is -2.17. The summed E-state index contributed by atoms with van der Waals surface area (Å²) in [5, 5.41) is 9.37. The van der Waals surface area contributed by atoms with Crippen LogP contribution in [0.4, 0.5) is 4.39 Å². The third-order valence-corrected chi connectivity index (χ3v) is 2.61. The molecule has 2 atom stereocenters. The number of hydrogen-bond donors (Lipinski definition) is 2. The fourth-order valence-electron chi connectivity index (χ4n) is 1.55. The molecule has 0 aromatic heterocycles. The van der Waals surface area contributed by atoms with Crippen molar-refractivity contribution in [2.24, 2.45) is 5.73 Å². The van der Waals surface area contributed by atoms with Crippen molar-refractivity contribution in [1.82, 2.24) is 0 Å². The summed E-state index contributed by atoms with van der Waals surface area (Å²) in [6, 6.07) is 4.54. The average Bonchev–Trinajstić information content (AvgIpc) is 2.18. The van der Waals surface area contributed by atoms with E-state index in [2.05, 4.69) is 0 Å². The molecule has 0 radical (unpaired) electrons. The SMILES string of the molecule is CC(O)CC(CN)c1ccc(F)c(Cl)c1. The summed E-state index contributed by atoms with van der Waals surface area (Å²) in [4.78, 5) is 0. The van der Waals surface area contributed by atoms with Gasteiger partial charge in [0.05, 0.1) is 11.1 Å². The Morgan fingerprint density at radius 3 is 2.67 bits per heavy atom. The largest absolute Gasteiger partial charge is 0.393 e. The van der Waals surface area contributed by atoms with Crippen molar-refractivity contribution < 1.29 is 9.50 Å². The maximum Gasteiger partial charge on any atom is 0.141 e. The molecule has 2 nitrogen and oxygen atoms in total. The normalized spacial score (nSPS) is 15.0. The second-order valence-electron chi connectivity index (χ2n) is 3.69. The molecule has 4 heteroatoms. The standard InChI is InChI=1S/C11H15ClFNO/c1-7(15)4-9(6-14)8-2-3-11(13)10(12)5-8/h2-3,5,7,9,15H,4,6,14H2,1H3. The molecular weight excluding hydrogens is 217 g/mol. The maximum atomic E-state index is 12.9. The molecule has 0 spiro atoms. The van der Waals surface area contributed by atoms with Gasteiger partial charge in [0, 0.05) is 0 Å². The summed E-state index contributed by atoms with van der Waals surface area (Å²) in [5.41, 5.74) is 6.46. The summed E-state index contributed by atoms with van der Waals surface area (Å²) in [6.45, 7) is 2.11. The van der Waals surface area contributed by atoms with Gasteiger partial charge in [0.15, 0.2) is 0 Å². The Morgan fingerprint density at radius 1 is 1.53 bits per heavy atom. The van der Waals surface area contributed by atoms with E-state index in [-0.39, 0.29) is 10.9 Å². The molecule has 0 bridgehead atoms. The van der Waals surface area contributed by atoms with Crippen molar-refractivity contribution in [3.05, 3.63) is 34.6 Å². The van der Waals surface area contributed by atoms with E-state index < -0.39 is 11.9 Å². The number of nitrogens with two attached hydrogens (primary N) is 1. The van der Waals surface area contributed by atoms with Gasteiger partial charge in [-0.15, -0.1) is 0 Å². The topological polar surface area (TPSA) is 46.2 Å². The number of hydrogen-bond acceptors (Lipinski definition) is 2. The zero-order valence-corrected chi connectivity index (χ0v) is 9.34. The second-order valence-corrected chi connectivity index (χ2v) is 4.10.